The maximum Gasteiger partial charge on any atom is 0.118 e. The molecule has 1 aromatic carbocycles. The van der Waals surface area contributed by atoms with Crippen LogP contribution in [-0.4, -0.2) is 36.9 Å². The number of rotatable bonds is 8. The van der Waals surface area contributed by atoms with Crippen molar-refractivity contribution in [2.75, 3.05) is 26.5 Å². The van der Waals surface area contributed by atoms with Gasteiger partial charge in [-0.15, -0.1) is 0 Å². The average Bonchev–Trinajstić information content (AvgIpc) is 2.41. The number of hydrogen-bond acceptors (Lipinski definition) is 4. The van der Waals surface area contributed by atoms with Crippen molar-refractivity contribution in [3.8, 4) is 5.75 Å². The van der Waals surface area contributed by atoms with Gasteiger partial charge in [0.2, 0.25) is 0 Å². The molecule has 102 valence electrons. The molecule has 0 fully saturated rings. The van der Waals surface area contributed by atoms with Crippen LogP contribution < -0.4 is 10.1 Å². The Morgan fingerprint density at radius 2 is 2.00 bits per heavy atom. The van der Waals surface area contributed by atoms with E-state index in [0.29, 0.717) is 11.3 Å². The lowest BCUT2D eigenvalue weighted by atomic mass is 10.0. The third-order valence-corrected chi connectivity index (χ3v) is 4.26. The number of ether oxygens (including phenoxy) is 1. The van der Waals surface area contributed by atoms with Gasteiger partial charge in [0.25, 0.3) is 0 Å². The fraction of sp³-hybridized carbons (Fsp3) is 0.571. The number of aliphatic hydroxyl groups is 1. The minimum Gasteiger partial charge on any atom is -0.497 e. The summed E-state index contributed by atoms with van der Waals surface area (Å²) in [5.41, 5.74) is 1.27. The molecule has 2 N–H and O–H groups in total. The molecule has 0 saturated carbocycles. The maximum atomic E-state index is 8.81. The predicted molar refractivity (Wildman–Crippen MR) is 78.4 cm³/mol. The molecule has 0 aliphatic carbocycles. The quantitative estimate of drug-likeness (QED) is 0.711. The van der Waals surface area contributed by atoms with Crippen molar-refractivity contribution in [1.29, 1.82) is 0 Å². The van der Waals surface area contributed by atoms with Crippen LogP contribution in [-0.2, 0) is 0 Å². The third kappa shape index (κ3) is 4.52. The highest BCUT2D eigenvalue weighted by Gasteiger charge is 2.17. The van der Waals surface area contributed by atoms with Gasteiger partial charge in [0.05, 0.1) is 7.11 Å². The standard InChI is InChI=1S/C14H23NO2S/c1-11(18-10-4-9-16)14(15-2)12-5-7-13(17-3)8-6-12/h5-8,11,14-16H,4,9-10H2,1-3H3. The highest BCUT2D eigenvalue weighted by Crippen LogP contribution is 2.27. The molecule has 0 bridgehead atoms. The molecule has 1 rings (SSSR count). The van der Waals surface area contributed by atoms with Gasteiger partial charge in [0.1, 0.15) is 5.75 Å². The number of benzene rings is 1. The Balaban J connectivity index is 2.62. The Morgan fingerprint density at radius 3 is 2.50 bits per heavy atom. The fourth-order valence-corrected chi connectivity index (χ4v) is 3.07. The molecule has 0 aromatic heterocycles. The van der Waals surface area contributed by atoms with Gasteiger partial charge in [0, 0.05) is 17.9 Å². The zero-order valence-electron chi connectivity index (χ0n) is 11.3. The van der Waals surface area contributed by atoms with Gasteiger partial charge in [-0.2, -0.15) is 11.8 Å². The van der Waals surface area contributed by atoms with Crippen LogP contribution in [0.2, 0.25) is 0 Å². The van der Waals surface area contributed by atoms with E-state index in [9.17, 15) is 0 Å². The minimum absolute atomic E-state index is 0.270. The summed E-state index contributed by atoms with van der Waals surface area (Å²) in [5.74, 6) is 1.88. The predicted octanol–water partition coefficient (Wildman–Crippen LogP) is 2.46. The summed E-state index contributed by atoms with van der Waals surface area (Å²) >= 11 is 1.88. The molecule has 0 aliphatic heterocycles. The number of hydrogen-bond donors (Lipinski definition) is 2. The summed E-state index contributed by atoms with van der Waals surface area (Å²) in [7, 11) is 3.66. The van der Waals surface area contributed by atoms with Crippen LogP contribution in [0, 0.1) is 0 Å². The molecule has 0 radical (unpaired) electrons. The molecule has 3 nitrogen and oxygen atoms in total. The molecule has 0 aliphatic rings. The smallest absolute Gasteiger partial charge is 0.118 e. The molecule has 2 unspecified atom stereocenters. The van der Waals surface area contributed by atoms with Crippen LogP contribution >= 0.6 is 11.8 Å². The van der Waals surface area contributed by atoms with Crippen LogP contribution in [0.3, 0.4) is 0 Å². The van der Waals surface area contributed by atoms with E-state index in [1.165, 1.54) is 5.56 Å². The van der Waals surface area contributed by atoms with E-state index in [-0.39, 0.29) is 6.61 Å². The lowest BCUT2D eigenvalue weighted by molar-refractivity contribution is 0.296. The van der Waals surface area contributed by atoms with Gasteiger partial charge in [0.15, 0.2) is 0 Å². The summed E-state index contributed by atoms with van der Waals surface area (Å²) in [5, 5.41) is 12.6. The SMILES string of the molecule is CNC(c1ccc(OC)cc1)C(C)SCCCO. The minimum atomic E-state index is 0.270. The average molecular weight is 269 g/mol. The molecule has 2 atom stereocenters. The first-order chi connectivity index (χ1) is 8.72. The summed E-state index contributed by atoms with van der Waals surface area (Å²) < 4.78 is 5.17. The molecular weight excluding hydrogens is 246 g/mol. The van der Waals surface area contributed by atoms with E-state index in [4.69, 9.17) is 9.84 Å². The second-order valence-corrected chi connectivity index (χ2v) is 5.68. The molecule has 1 aromatic rings. The Bertz CT molecular complexity index is 329. The summed E-state index contributed by atoms with van der Waals surface area (Å²) in [6.45, 7) is 2.49. The monoisotopic (exact) mass is 269 g/mol. The molecule has 0 spiro atoms. The second-order valence-electron chi connectivity index (χ2n) is 4.19. The Kier molecular flexibility index (Phi) is 7.16. The van der Waals surface area contributed by atoms with Crippen LogP contribution in [0.4, 0.5) is 0 Å². The first kappa shape index (κ1) is 15.3. The third-order valence-electron chi connectivity index (χ3n) is 2.94. The van der Waals surface area contributed by atoms with Crippen LogP contribution in [0.5, 0.6) is 5.75 Å². The molecule has 0 heterocycles. The topological polar surface area (TPSA) is 41.5 Å². The Labute approximate surface area is 114 Å². The number of aliphatic hydroxyl groups excluding tert-OH is 1. The number of methoxy groups -OCH3 is 1. The van der Waals surface area contributed by atoms with Crippen LogP contribution in [0.25, 0.3) is 0 Å². The lowest BCUT2D eigenvalue weighted by Gasteiger charge is -2.23. The zero-order valence-corrected chi connectivity index (χ0v) is 12.2. The van der Waals surface area contributed by atoms with E-state index in [1.807, 2.05) is 30.9 Å². The maximum absolute atomic E-state index is 8.81. The van der Waals surface area contributed by atoms with E-state index in [1.54, 1.807) is 7.11 Å². The van der Waals surface area contributed by atoms with Gasteiger partial charge < -0.3 is 15.2 Å². The molecule has 0 saturated heterocycles. The van der Waals surface area contributed by atoms with Crippen molar-refractivity contribution in [2.24, 2.45) is 0 Å². The number of thioether (sulfide) groups is 1. The number of nitrogens with one attached hydrogen (secondary N) is 1. The van der Waals surface area contributed by atoms with E-state index < -0.39 is 0 Å². The van der Waals surface area contributed by atoms with Crippen molar-refractivity contribution in [3.05, 3.63) is 29.8 Å². The van der Waals surface area contributed by atoms with Crippen LogP contribution in [0.1, 0.15) is 24.9 Å². The van der Waals surface area contributed by atoms with Crippen molar-refractivity contribution >= 4 is 11.8 Å². The summed E-state index contributed by atoms with van der Waals surface area (Å²) in [6, 6.07) is 8.50. The highest BCUT2D eigenvalue weighted by molar-refractivity contribution is 7.99. The summed E-state index contributed by atoms with van der Waals surface area (Å²) in [6.07, 6.45) is 0.855. The van der Waals surface area contributed by atoms with Crippen molar-refractivity contribution in [1.82, 2.24) is 5.32 Å². The zero-order chi connectivity index (χ0) is 13.4. The van der Waals surface area contributed by atoms with E-state index in [0.717, 1.165) is 17.9 Å². The van der Waals surface area contributed by atoms with E-state index in [2.05, 4.69) is 24.4 Å². The first-order valence-corrected chi connectivity index (χ1v) is 7.31. The highest BCUT2D eigenvalue weighted by atomic mass is 32.2. The van der Waals surface area contributed by atoms with E-state index >= 15 is 0 Å². The molecular formula is C14H23NO2S. The largest absolute Gasteiger partial charge is 0.497 e. The normalized spacial score (nSPS) is 14.2. The van der Waals surface area contributed by atoms with Gasteiger partial charge in [-0.05, 0) is 36.9 Å². The Morgan fingerprint density at radius 1 is 1.33 bits per heavy atom. The van der Waals surface area contributed by atoms with Gasteiger partial charge >= 0.3 is 0 Å². The fourth-order valence-electron chi connectivity index (χ4n) is 1.91. The van der Waals surface area contributed by atoms with Crippen molar-refractivity contribution in [2.45, 2.75) is 24.6 Å². The van der Waals surface area contributed by atoms with Gasteiger partial charge in [-0.3, -0.25) is 0 Å². The summed E-state index contributed by atoms with van der Waals surface area (Å²) in [4.78, 5) is 0. The molecule has 18 heavy (non-hydrogen) atoms. The lowest BCUT2D eigenvalue weighted by Crippen LogP contribution is -2.25. The second kappa shape index (κ2) is 8.40. The van der Waals surface area contributed by atoms with Gasteiger partial charge in [-0.25, -0.2) is 0 Å². The molecule has 0 amide bonds. The van der Waals surface area contributed by atoms with Crippen molar-refractivity contribution < 1.29 is 9.84 Å². The Hall–Kier alpha value is -0.710. The first-order valence-electron chi connectivity index (χ1n) is 6.26. The molecule has 4 heteroatoms. The van der Waals surface area contributed by atoms with Gasteiger partial charge in [-0.1, -0.05) is 19.1 Å². The van der Waals surface area contributed by atoms with Crippen LogP contribution in [0.15, 0.2) is 24.3 Å². The van der Waals surface area contributed by atoms with Crippen molar-refractivity contribution in [3.63, 3.8) is 0 Å².